The van der Waals surface area contributed by atoms with Crippen LogP contribution in [0, 0.1) is 0 Å². The van der Waals surface area contributed by atoms with Crippen LogP contribution in [0.25, 0.3) is 0 Å². The number of nitrogens with one attached hydrogen (secondary N) is 2. The normalized spacial score (nSPS) is 31.6. The topological polar surface area (TPSA) is 58.2 Å². The number of hydrogen-bond acceptors (Lipinski definition) is 4. The minimum Gasteiger partial charge on any atom is -0.314 e. The molecule has 4 nitrogen and oxygen atoms in total. The van der Waals surface area contributed by atoms with Crippen LogP contribution in [0.1, 0.15) is 19.3 Å². The highest BCUT2D eigenvalue weighted by Gasteiger charge is 2.32. The van der Waals surface area contributed by atoms with Gasteiger partial charge < -0.3 is 10.6 Å². The van der Waals surface area contributed by atoms with Crippen LogP contribution in [0.2, 0.25) is 0 Å². The second-order valence-corrected chi connectivity index (χ2v) is 6.46. The molecule has 2 aliphatic rings. The molecular weight excluding hydrogens is 200 g/mol. The fourth-order valence-corrected chi connectivity index (χ4v) is 3.51. The standard InChI is InChI=1S/C9H18N2O2S/c12-14(13)6-9(7-14)11-5-3-8-2-1-4-10-8/h8-11H,1-7H2. The molecule has 0 amide bonds. The van der Waals surface area contributed by atoms with E-state index < -0.39 is 9.84 Å². The lowest BCUT2D eigenvalue weighted by atomic mass is 10.1. The van der Waals surface area contributed by atoms with Crippen LogP contribution in [0.15, 0.2) is 0 Å². The number of hydrogen-bond donors (Lipinski definition) is 2. The number of sulfone groups is 1. The van der Waals surface area contributed by atoms with Gasteiger partial charge in [0.05, 0.1) is 11.5 Å². The van der Waals surface area contributed by atoms with E-state index in [1.165, 1.54) is 12.8 Å². The first-order chi connectivity index (χ1) is 6.66. The summed E-state index contributed by atoms with van der Waals surface area (Å²) >= 11 is 0. The van der Waals surface area contributed by atoms with Crippen LogP contribution in [0.5, 0.6) is 0 Å². The molecule has 0 aromatic carbocycles. The molecule has 0 spiro atoms. The van der Waals surface area contributed by atoms with Gasteiger partial charge in [0.15, 0.2) is 9.84 Å². The van der Waals surface area contributed by atoms with E-state index in [2.05, 4.69) is 10.6 Å². The highest BCUT2D eigenvalue weighted by Crippen LogP contribution is 2.11. The van der Waals surface area contributed by atoms with E-state index in [1.54, 1.807) is 0 Å². The van der Waals surface area contributed by atoms with Gasteiger partial charge in [-0.05, 0) is 32.4 Å². The molecular formula is C9H18N2O2S. The van der Waals surface area contributed by atoms with E-state index in [4.69, 9.17) is 0 Å². The molecule has 0 saturated carbocycles. The van der Waals surface area contributed by atoms with Crippen molar-refractivity contribution >= 4 is 9.84 Å². The fraction of sp³-hybridized carbons (Fsp3) is 1.00. The van der Waals surface area contributed by atoms with Crippen LogP contribution < -0.4 is 10.6 Å². The second kappa shape index (κ2) is 4.16. The molecule has 2 fully saturated rings. The monoisotopic (exact) mass is 218 g/mol. The third kappa shape index (κ3) is 2.68. The van der Waals surface area contributed by atoms with Crippen LogP contribution in [-0.4, -0.2) is 45.1 Å². The van der Waals surface area contributed by atoms with Gasteiger partial charge in [0.2, 0.25) is 0 Å². The van der Waals surface area contributed by atoms with Gasteiger partial charge in [-0.15, -0.1) is 0 Å². The molecule has 14 heavy (non-hydrogen) atoms. The van der Waals surface area contributed by atoms with E-state index in [9.17, 15) is 8.42 Å². The molecule has 0 radical (unpaired) electrons. The van der Waals surface area contributed by atoms with Gasteiger partial charge in [-0.3, -0.25) is 0 Å². The van der Waals surface area contributed by atoms with Gasteiger partial charge in [-0.25, -0.2) is 8.42 Å². The predicted molar refractivity (Wildman–Crippen MR) is 56.1 cm³/mol. The lowest BCUT2D eigenvalue weighted by Gasteiger charge is -2.27. The quantitative estimate of drug-likeness (QED) is 0.669. The zero-order valence-electron chi connectivity index (χ0n) is 8.33. The maximum absolute atomic E-state index is 10.9. The summed E-state index contributed by atoms with van der Waals surface area (Å²) in [5.74, 6) is 0.677. The summed E-state index contributed by atoms with van der Waals surface area (Å²) in [5, 5.41) is 6.71. The smallest absolute Gasteiger partial charge is 0.153 e. The van der Waals surface area contributed by atoms with Gasteiger partial charge in [0.25, 0.3) is 0 Å². The minimum atomic E-state index is -2.66. The van der Waals surface area contributed by atoms with E-state index in [1.807, 2.05) is 0 Å². The molecule has 2 aliphatic heterocycles. The first-order valence-electron chi connectivity index (χ1n) is 5.33. The Bertz CT molecular complexity index is 271. The van der Waals surface area contributed by atoms with Crippen LogP contribution in [0.4, 0.5) is 0 Å². The Hall–Kier alpha value is -0.130. The van der Waals surface area contributed by atoms with Crippen molar-refractivity contribution in [3.63, 3.8) is 0 Å². The lowest BCUT2D eigenvalue weighted by Crippen LogP contribution is -2.51. The van der Waals surface area contributed by atoms with Gasteiger partial charge in [-0.1, -0.05) is 0 Å². The van der Waals surface area contributed by atoms with Gasteiger partial charge >= 0.3 is 0 Å². The minimum absolute atomic E-state index is 0.224. The molecule has 2 N–H and O–H groups in total. The van der Waals surface area contributed by atoms with Crippen molar-refractivity contribution < 1.29 is 8.42 Å². The van der Waals surface area contributed by atoms with Crippen molar-refractivity contribution in [1.29, 1.82) is 0 Å². The zero-order valence-corrected chi connectivity index (χ0v) is 9.15. The molecule has 0 aromatic rings. The van der Waals surface area contributed by atoms with Crippen molar-refractivity contribution in [3.05, 3.63) is 0 Å². The number of rotatable bonds is 4. The molecule has 2 saturated heterocycles. The Labute approximate surface area is 85.4 Å². The molecule has 2 rings (SSSR count). The summed E-state index contributed by atoms with van der Waals surface area (Å²) in [6, 6.07) is 0.876. The van der Waals surface area contributed by atoms with Crippen molar-refractivity contribution in [2.24, 2.45) is 0 Å². The molecule has 1 atom stereocenters. The summed E-state index contributed by atoms with van der Waals surface area (Å²) in [6.45, 7) is 2.08. The zero-order chi connectivity index (χ0) is 10.0. The third-order valence-corrected chi connectivity index (χ3v) is 4.82. The largest absolute Gasteiger partial charge is 0.314 e. The Morgan fingerprint density at radius 1 is 1.36 bits per heavy atom. The molecule has 1 unspecified atom stereocenters. The van der Waals surface area contributed by atoms with Crippen molar-refractivity contribution in [2.75, 3.05) is 24.6 Å². The highest BCUT2D eigenvalue weighted by molar-refractivity contribution is 7.92. The Morgan fingerprint density at radius 2 is 2.14 bits per heavy atom. The van der Waals surface area contributed by atoms with E-state index in [0.717, 1.165) is 19.5 Å². The summed E-state index contributed by atoms with van der Waals surface area (Å²) in [7, 11) is -2.66. The molecule has 0 aliphatic carbocycles. The van der Waals surface area contributed by atoms with Gasteiger partial charge in [0, 0.05) is 12.1 Å². The van der Waals surface area contributed by atoms with Crippen LogP contribution in [-0.2, 0) is 9.84 Å². The van der Waals surface area contributed by atoms with Crippen molar-refractivity contribution in [3.8, 4) is 0 Å². The molecule has 5 heteroatoms. The summed E-state index contributed by atoms with van der Waals surface area (Å²) in [4.78, 5) is 0. The summed E-state index contributed by atoms with van der Waals surface area (Å²) in [6.07, 6.45) is 3.67. The first kappa shape index (κ1) is 10.4. The third-order valence-electron chi connectivity index (χ3n) is 3.00. The van der Waals surface area contributed by atoms with Gasteiger partial charge in [-0.2, -0.15) is 0 Å². The second-order valence-electron chi connectivity index (χ2n) is 4.31. The molecule has 2 heterocycles. The molecule has 0 aromatic heterocycles. The van der Waals surface area contributed by atoms with E-state index in [-0.39, 0.29) is 6.04 Å². The Balaban J connectivity index is 1.56. The summed E-state index contributed by atoms with van der Waals surface area (Å²) in [5.41, 5.74) is 0. The van der Waals surface area contributed by atoms with Gasteiger partial charge in [0.1, 0.15) is 0 Å². The SMILES string of the molecule is O=S1(=O)CC(NCCC2CCCN2)C1. The first-order valence-corrected chi connectivity index (χ1v) is 7.15. The molecule has 82 valence electrons. The van der Waals surface area contributed by atoms with E-state index >= 15 is 0 Å². The molecule has 0 bridgehead atoms. The van der Waals surface area contributed by atoms with Crippen molar-refractivity contribution in [1.82, 2.24) is 10.6 Å². The highest BCUT2D eigenvalue weighted by atomic mass is 32.2. The predicted octanol–water partition coefficient (Wildman–Crippen LogP) is -0.485. The average molecular weight is 218 g/mol. The Morgan fingerprint density at radius 3 is 2.71 bits per heavy atom. The maximum atomic E-state index is 10.9. The Kier molecular flexibility index (Phi) is 3.09. The summed E-state index contributed by atoms with van der Waals surface area (Å²) < 4.78 is 21.7. The van der Waals surface area contributed by atoms with Crippen LogP contribution in [0.3, 0.4) is 0 Å². The lowest BCUT2D eigenvalue weighted by molar-refractivity contribution is 0.474. The maximum Gasteiger partial charge on any atom is 0.153 e. The average Bonchev–Trinajstić information content (AvgIpc) is 2.53. The van der Waals surface area contributed by atoms with Crippen LogP contribution >= 0.6 is 0 Å². The van der Waals surface area contributed by atoms with Crippen molar-refractivity contribution in [2.45, 2.75) is 31.3 Å². The van der Waals surface area contributed by atoms with E-state index in [0.29, 0.717) is 17.5 Å². The fourth-order valence-electron chi connectivity index (χ4n) is 2.15.